The third-order valence-electron chi connectivity index (χ3n) is 3.23. The molecule has 9 heteroatoms. The molecule has 22 heavy (non-hydrogen) atoms. The Morgan fingerprint density at radius 1 is 1.36 bits per heavy atom. The maximum atomic E-state index is 11.9. The molecule has 0 aliphatic carbocycles. The predicted molar refractivity (Wildman–Crippen MR) is 83.0 cm³/mol. The number of rotatable bonds is 4. The minimum Gasteiger partial charge on any atom is -0.334 e. The van der Waals surface area contributed by atoms with Crippen LogP contribution in [0.15, 0.2) is 30.2 Å². The number of hydrogen-bond donors (Lipinski definition) is 2. The summed E-state index contributed by atoms with van der Waals surface area (Å²) in [5.41, 5.74) is 2.61. The van der Waals surface area contributed by atoms with Crippen molar-refractivity contribution < 1.29 is 4.79 Å². The SMILES string of the molecule is Cc1c(CNC(=O)Nc2cnn(-c3nccs3)c2)cnn1C. The van der Waals surface area contributed by atoms with Crippen molar-refractivity contribution in [1.82, 2.24) is 29.9 Å². The van der Waals surface area contributed by atoms with Crippen LogP contribution in [0, 0.1) is 6.92 Å². The number of anilines is 1. The second-order valence-corrected chi connectivity index (χ2v) is 5.55. The van der Waals surface area contributed by atoms with E-state index < -0.39 is 0 Å². The Hall–Kier alpha value is -2.68. The molecule has 0 unspecified atom stereocenters. The predicted octanol–water partition coefficient (Wildman–Crippen LogP) is 1.69. The number of carbonyl (C=O) groups is 1. The van der Waals surface area contributed by atoms with Crippen LogP contribution in [0.25, 0.3) is 5.13 Å². The van der Waals surface area contributed by atoms with Crippen LogP contribution in [0.2, 0.25) is 0 Å². The lowest BCUT2D eigenvalue weighted by Crippen LogP contribution is -2.28. The molecule has 2 amide bonds. The van der Waals surface area contributed by atoms with Gasteiger partial charge in [-0.05, 0) is 6.92 Å². The van der Waals surface area contributed by atoms with Gasteiger partial charge in [-0.1, -0.05) is 0 Å². The standard InChI is InChI=1S/C13H15N7OS/c1-9-10(6-16-19(9)2)5-15-12(21)18-11-7-17-20(8-11)13-14-3-4-22-13/h3-4,6-8H,5H2,1-2H3,(H2,15,18,21). The number of nitrogens with zero attached hydrogens (tertiary/aromatic N) is 5. The van der Waals surface area contributed by atoms with E-state index in [1.54, 1.807) is 34.2 Å². The van der Waals surface area contributed by atoms with E-state index >= 15 is 0 Å². The van der Waals surface area contributed by atoms with Crippen molar-refractivity contribution in [2.75, 3.05) is 5.32 Å². The Kier molecular flexibility index (Phi) is 3.88. The highest BCUT2D eigenvalue weighted by molar-refractivity contribution is 7.12. The Bertz CT molecular complexity index is 774. The molecule has 8 nitrogen and oxygen atoms in total. The summed E-state index contributed by atoms with van der Waals surface area (Å²) in [5, 5.41) is 16.4. The third-order valence-corrected chi connectivity index (χ3v) is 3.99. The topological polar surface area (TPSA) is 89.7 Å². The normalized spacial score (nSPS) is 10.6. The quantitative estimate of drug-likeness (QED) is 0.766. The molecular weight excluding hydrogens is 302 g/mol. The van der Waals surface area contributed by atoms with Crippen LogP contribution < -0.4 is 10.6 Å². The van der Waals surface area contributed by atoms with E-state index in [1.807, 2.05) is 19.4 Å². The van der Waals surface area contributed by atoms with Crippen molar-refractivity contribution in [3.8, 4) is 5.13 Å². The van der Waals surface area contributed by atoms with Gasteiger partial charge in [0.25, 0.3) is 0 Å². The number of hydrogen-bond acceptors (Lipinski definition) is 5. The molecule has 0 aliphatic heterocycles. The molecular formula is C13H15N7OS. The zero-order valence-corrected chi connectivity index (χ0v) is 13.0. The van der Waals surface area contributed by atoms with Crippen LogP contribution in [0.3, 0.4) is 0 Å². The minimum atomic E-state index is -0.290. The van der Waals surface area contributed by atoms with Crippen LogP contribution in [-0.2, 0) is 13.6 Å². The highest BCUT2D eigenvalue weighted by Gasteiger charge is 2.08. The number of nitrogens with one attached hydrogen (secondary N) is 2. The Morgan fingerprint density at radius 3 is 2.91 bits per heavy atom. The molecule has 0 radical (unpaired) electrons. The fraction of sp³-hybridized carbons (Fsp3) is 0.231. The average molecular weight is 317 g/mol. The first-order valence-corrected chi connectivity index (χ1v) is 7.48. The van der Waals surface area contributed by atoms with Gasteiger partial charge >= 0.3 is 6.03 Å². The van der Waals surface area contributed by atoms with E-state index in [1.165, 1.54) is 11.3 Å². The van der Waals surface area contributed by atoms with E-state index in [2.05, 4.69) is 25.8 Å². The molecule has 114 valence electrons. The van der Waals surface area contributed by atoms with Crippen LogP contribution in [0.4, 0.5) is 10.5 Å². The summed E-state index contributed by atoms with van der Waals surface area (Å²) in [4.78, 5) is 16.0. The zero-order chi connectivity index (χ0) is 15.5. The van der Waals surface area contributed by atoms with Crippen molar-refractivity contribution in [2.45, 2.75) is 13.5 Å². The summed E-state index contributed by atoms with van der Waals surface area (Å²) in [6.45, 7) is 2.38. The van der Waals surface area contributed by atoms with Crippen molar-refractivity contribution in [1.29, 1.82) is 0 Å². The molecule has 0 bridgehead atoms. The zero-order valence-electron chi connectivity index (χ0n) is 12.1. The van der Waals surface area contributed by atoms with E-state index in [-0.39, 0.29) is 6.03 Å². The number of aryl methyl sites for hydroxylation is 1. The van der Waals surface area contributed by atoms with Crippen LogP contribution >= 0.6 is 11.3 Å². The van der Waals surface area contributed by atoms with Crippen LogP contribution in [0.1, 0.15) is 11.3 Å². The lowest BCUT2D eigenvalue weighted by Gasteiger charge is -2.05. The second-order valence-electron chi connectivity index (χ2n) is 4.67. The van der Waals surface area contributed by atoms with Crippen molar-refractivity contribution in [3.63, 3.8) is 0 Å². The van der Waals surface area contributed by atoms with Gasteiger partial charge in [0, 0.05) is 36.4 Å². The molecule has 0 aromatic carbocycles. The summed E-state index contributed by atoms with van der Waals surface area (Å²) < 4.78 is 3.39. The van der Waals surface area contributed by atoms with Gasteiger partial charge < -0.3 is 10.6 Å². The van der Waals surface area contributed by atoms with Gasteiger partial charge in [0.05, 0.1) is 24.3 Å². The summed E-state index contributed by atoms with van der Waals surface area (Å²) in [6.07, 6.45) is 6.75. The summed E-state index contributed by atoms with van der Waals surface area (Å²) in [7, 11) is 1.87. The molecule has 0 aliphatic rings. The molecule has 0 atom stereocenters. The number of thiazole rings is 1. The minimum absolute atomic E-state index is 0.290. The van der Waals surface area contributed by atoms with Crippen LogP contribution in [-0.4, -0.2) is 30.6 Å². The molecule has 3 rings (SSSR count). The first-order valence-electron chi connectivity index (χ1n) is 6.60. The van der Waals surface area contributed by atoms with E-state index in [4.69, 9.17) is 0 Å². The monoisotopic (exact) mass is 317 g/mol. The molecule has 0 fully saturated rings. The number of amides is 2. The highest BCUT2D eigenvalue weighted by Crippen LogP contribution is 2.13. The van der Waals surface area contributed by atoms with E-state index in [9.17, 15) is 4.79 Å². The van der Waals surface area contributed by atoms with Gasteiger partial charge in [-0.15, -0.1) is 11.3 Å². The Balaban J connectivity index is 1.57. The van der Waals surface area contributed by atoms with Gasteiger partial charge in [0.15, 0.2) is 0 Å². The van der Waals surface area contributed by atoms with E-state index in [0.717, 1.165) is 16.4 Å². The van der Waals surface area contributed by atoms with Crippen molar-refractivity contribution in [3.05, 3.63) is 41.4 Å². The maximum absolute atomic E-state index is 11.9. The molecule has 0 saturated carbocycles. The fourth-order valence-electron chi connectivity index (χ4n) is 1.89. The van der Waals surface area contributed by atoms with Gasteiger partial charge in [0.2, 0.25) is 5.13 Å². The maximum Gasteiger partial charge on any atom is 0.319 e. The van der Waals surface area contributed by atoms with Crippen molar-refractivity contribution in [2.24, 2.45) is 7.05 Å². The first-order chi connectivity index (χ1) is 10.6. The smallest absolute Gasteiger partial charge is 0.319 e. The third kappa shape index (κ3) is 2.98. The summed E-state index contributed by atoms with van der Waals surface area (Å²) >= 11 is 1.47. The second kappa shape index (κ2) is 5.98. The first kappa shape index (κ1) is 14.3. The number of aromatic nitrogens is 5. The van der Waals surface area contributed by atoms with Crippen molar-refractivity contribution >= 4 is 23.1 Å². The molecule has 3 heterocycles. The Morgan fingerprint density at radius 2 is 2.23 bits per heavy atom. The summed E-state index contributed by atoms with van der Waals surface area (Å²) in [6, 6.07) is -0.290. The molecule has 2 N–H and O–H groups in total. The fourth-order valence-corrected chi connectivity index (χ4v) is 2.46. The van der Waals surface area contributed by atoms with Gasteiger partial charge in [-0.25, -0.2) is 14.5 Å². The lowest BCUT2D eigenvalue weighted by atomic mass is 10.2. The number of carbonyl (C=O) groups excluding carboxylic acids is 1. The average Bonchev–Trinajstić information content (AvgIpc) is 3.21. The van der Waals surface area contributed by atoms with Gasteiger partial charge in [-0.2, -0.15) is 10.2 Å². The van der Waals surface area contributed by atoms with Gasteiger partial charge in [0.1, 0.15) is 0 Å². The Labute approximate surface area is 130 Å². The highest BCUT2D eigenvalue weighted by atomic mass is 32.1. The molecule has 0 spiro atoms. The summed E-state index contributed by atoms with van der Waals surface area (Å²) in [5.74, 6) is 0. The van der Waals surface area contributed by atoms with Crippen LogP contribution in [0.5, 0.6) is 0 Å². The van der Waals surface area contributed by atoms with E-state index in [0.29, 0.717) is 12.2 Å². The molecule has 0 saturated heterocycles. The molecule has 3 aromatic heterocycles. The number of urea groups is 1. The molecule has 3 aromatic rings. The van der Waals surface area contributed by atoms with Gasteiger partial charge in [-0.3, -0.25) is 4.68 Å². The lowest BCUT2D eigenvalue weighted by molar-refractivity contribution is 0.251. The largest absolute Gasteiger partial charge is 0.334 e.